The maximum Gasteiger partial charge on any atom is 0.252 e. The summed E-state index contributed by atoms with van der Waals surface area (Å²) < 4.78 is 58.6. The van der Waals surface area contributed by atoms with Crippen LogP contribution in [0.4, 0.5) is 5.69 Å². The summed E-state index contributed by atoms with van der Waals surface area (Å²) in [6, 6.07) is 19.7. The molecule has 5 fully saturated rings. The van der Waals surface area contributed by atoms with Gasteiger partial charge < -0.3 is 88.4 Å². The summed E-state index contributed by atoms with van der Waals surface area (Å²) in [5.41, 5.74) is 1.09. The Kier molecular flexibility index (Phi) is 22.4. The maximum absolute atomic E-state index is 14.3. The molecule has 0 unspecified atom stereocenters. The second-order valence-corrected chi connectivity index (χ2v) is 27.3. The number of aromatic amines is 1. The highest BCUT2D eigenvalue weighted by molar-refractivity contribution is 6.31. The number of rotatable bonds is 26. The normalized spacial score (nSPS) is 24.2. The van der Waals surface area contributed by atoms with E-state index in [2.05, 4.69) is 36.3 Å². The Balaban J connectivity index is 0.480. The number of ether oxygens (including phenoxy) is 10. The lowest BCUT2D eigenvalue weighted by atomic mass is 9.65. The third-order valence-electron chi connectivity index (χ3n) is 21.3. The first kappa shape index (κ1) is 72.0. The number of carbonyl (C=O) groups is 7. The number of phenolic OH excluding ortho intramolecular Hbond substituents is 2. The Labute approximate surface area is 589 Å². The van der Waals surface area contributed by atoms with E-state index in [0.717, 1.165) is 66.6 Å². The van der Waals surface area contributed by atoms with Gasteiger partial charge in [0.15, 0.2) is 24.6 Å². The van der Waals surface area contributed by atoms with Crippen LogP contribution in [-0.2, 0) is 79.6 Å². The van der Waals surface area contributed by atoms with E-state index in [4.69, 9.17) is 47.4 Å². The smallest absolute Gasteiger partial charge is 0.252 e. The number of morpholine rings is 1. The summed E-state index contributed by atoms with van der Waals surface area (Å²) in [5.74, 6) is -4.67. The van der Waals surface area contributed by atoms with Crippen LogP contribution in [0.3, 0.4) is 0 Å². The molecule has 1 saturated carbocycles. The molecular weight excluding hydrogens is 1320 g/mol. The van der Waals surface area contributed by atoms with Crippen molar-refractivity contribution in [2.45, 2.75) is 133 Å². The second-order valence-electron chi connectivity index (χ2n) is 27.3. The van der Waals surface area contributed by atoms with E-state index < -0.39 is 108 Å². The second kappa shape index (κ2) is 31.7. The summed E-state index contributed by atoms with van der Waals surface area (Å²) in [7, 11) is 2.86. The number of piperidine rings is 1. The van der Waals surface area contributed by atoms with Crippen molar-refractivity contribution in [2.75, 3.05) is 118 Å². The Morgan fingerprint density at radius 3 is 2.12 bits per heavy atom. The predicted octanol–water partition coefficient (Wildman–Crippen LogP) is 4.14. The van der Waals surface area contributed by atoms with Gasteiger partial charge in [0.25, 0.3) is 5.91 Å². The van der Waals surface area contributed by atoms with Crippen LogP contribution in [0.1, 0.15) is 126 Å². The zero-order valence-corrected chi connectivity index (χ0v) is 57.6. The highest BCUT2D eigenvalue weighted by Gasteiger charge is 2.56. The molecule has 102 heavy (non-hydrogen) atoms. The van der Waals surface area contributed by atoms with Gasteiger partial charge in [-0.05, 0) is 68.6 Å². The minimum Gasteiger partial charge on any atom is -0.507 e. The summed E-state index contributed by atoms with van der Waals surface area (Å²) >= 11 is 0. The number of amides is 5. The molecule has 5 aliphatic heterocycles. The van der Waals surface area contributed by atoms with Gasteiger partial charge in [0.1, 0.15) is 40.3 Å². The van der Waals surface area contributed by atoms with E-state index in [-0.39, 0.29) is 122 Å². The molecule has 6 heterocycles. The SMILES string of the molecule is COc1cccc2c1C(=O)c1c(O)c3c(c(O)c1C2=O)C[C@@](O)(C(=O)NCC(=O)NCCOCCOCCOCCOCCC(=O)N1CCC2(CCC(C(=O)NCCC(=O)N4Cc5ccccc5-c5n[nH]nc5-c5ccccc54)CC2)CC1)C[C@@H]3O[C@H]1C[C@H]2[C@H](O[C@@H]3[C@@H](OC)OCCN32)[C@H](C)O1. The van der Waals surface area contributed by atoms with Crippen molar-refractivity contribution in [3.05, 3.63) is 106 Å². The number of methoxy groups -OCH3 is 2. The molecular formula is C73H89N9O20. The minimum atomic E-state index is -2.39. The largest absolute Gasteiger partial charge is 0.507 e. The Hall–Kier alpha value is -8.33. The number of carbonyl (C=O) groups excluding carboxylic acids is 7. The van der Waals surface area contributed by atoms with Crippen LogP contribution in [-0.4, -0.2) is 237 Å². The van der Waals surface area contributed by atoms with Gasteiger partial charge in [-0.15, -0.1) is 0 Å². The van der Waals surface area contributed by atoms with Crippen molar-refractivity contribution in [2.24, 2.45) is 11.3 Å². The quantitative estimate of drug-likeness (QED) is 0.0296. The third-order valence-corrected chi connectivity index (χ3v) is 21.3. The molecule has 8 aliphatic rings. The number of aromatic hydroxyl groups is 2. The summed E-state index contributed by atoms with van der Waals surface area (Å²) in [6.07, 6.45) is 0.116. The highest BCUT2D eigenvalue weighted by atomic mass is 16.7. The number of aliphatic hydroxyl groups is 1. The molecule has 5 amide bonds. The number of anilines is 1. The number of hydrogen-bond acceptors (Lipinski definition) is 23. The van der Waals surface area contributed by atoms with Crippen LogP contribution in [0.15, 0.2) is 66.7 Å². The van der Waals surface area contributed by atoms with Crippen LogP contribution < -0.4 is 25.6 Å². The topological polar surface area (TPSA) is 360 Å². The summed E-state index contributed by atoms with van der Waals surface area (Å²) in [4.78, 5) is 102. The van der Waals surface area contributed by atoms with Crippen molar-refractivity contribution in [3.8, 4) is 39.8 Å². The fourth-order valence-corrected chi connectivity index (χ4v) is 15.9. The highest BCUT2D eigenvalue weighted by Crippen LogP contribution is 2.54. The van der Waals surface area contributed by atoms with E-state index in [1.807, 2.05) is 60.4 Å². The molecule has 4 saturated heterocycles. The number of nitrogens with one attached hydrogen (secondary N) is 4. The van der Waals surface area contributed by atoms with Crippen LogP contribution in [0.2, 0.25) is 0 Å². The van der Waals surface area contributed by atoms with Crippen LogP contribution in [0.5, 0.6) is 17.2 Å². The summed E-state index contributed by atoms with van der Waals surface area (Å²) in [6.45, 7) is 6.33. The van der Waals surface area contributed by atoms with Crippen LogP contribution in [0, 0.1) is 11.3 Å². The molecule has 4 aromatic carbocycles. The molecule has 546 valence electrons. The van der Waals surface area contributed by atoms with Gasteiger partial charge in [-0.1, -0.05) is 54.6 Å². The third kappa shape index (κ3) is 14.9. The van der Waals surface area contributed by atoms with E-state index >= 15 is 0 Å². The van der Waals surface area contributed by atoms with E-state index in [9.17, 15) is 48.9 Å². The first-order valence-corrected chi connectivity index (χ1v) is 35.2. The molecule has 3 aliphatic carbocycles. The Morgan fingerprint density at radius 2 is 1.38 bits per heavy atom. The molecule has 8 atom stereocenters. The number of H-pyrrole nitrogens is 1. The molecule has 29 heteroatoms. The predicted molar refractivity (Wildman–Crippen MR) is 362 cm³/mol. The molecule has 5 aromatic rings. The first-order chi connectivity index (χ1) is 49.5. The van der Waals surface area contributed by atoms with Gasteiger partial charge in [-0.3, -0.25) is 38.5 Å². The van der Waals surface area contributed by atoms with E-state index in [0.29, 0.717) is 64.9 Å². The van der Waals surface area contributed by atoms with Crippen molar-refractivity contribution < 1.29 is 96.2 Å². The number of likely N-dealkylation sites (tertiary alicyclic amines) is 1. The molecule has 1 spiro atoms. The Bertz CT molecular complexity index is 3930. The number of hydrogen-bond donors (Lipinski definition) is 7. The Morgan fingerprint density at radius 1 is 0.706 bits per heavy atom. The molecule has 1 aromatic heterocycles. The van der Waals surface area contributed by atoms with Crippen LogP contribution >= 0.6 is 0 Å². The lowest BCUT2D eigenvalue weighted by molar-refractivity contribution is -0.256. The molecule has 0 bridgehead atoms. The molecule has 7 N–H and O–H groups in total. The van der Waals surface area contributed by atoms with Gasteiger partial charge in [0.05, 0.1) is 121 Å². The number of para-hydroxylation sites is 1. The molecule has 0 radical (unpaired) electrons. The fraction of sp³-hybridized carbons (Fsp3) is 0.548. The fourth-order valence-electron chi connectivity index (χ4n) is 15.9. The van der Waals surface area contributed by atoms with Crippen molar-refractivity contribution >= 4 is 46.8 Å². The average Bonchev–Trinajstić information content (AvgIpc) is 0.922. The van der Waals surface area contributed by atoms with Gasteiger partial charge >= 0.3 is 0 Å². The average molecular weight is 1410 g/mol. The number of ketones is 2. The van der Waals surface area contributed by atoms with E-state index in [1.165, 1.54) is 32.4 Å². The van der Waals surface area contributed by atoms with Crippen molar-refractivity contribution in [1.82, 2.24) is 41.2 Å². The lowest BCUT2D eigenvalue weighted by Crippen LogP contribution is -2.55. The first-order valence-electron chi connectivity index (χ1n) is 35.2. The lowest BCUT2D eigenvalue weighted by Gasteiger charge is -2.45. The van der Waals surface area contributed by atoms with Gasteiger partial charge in [-0.2, -0.15) is 15.4 Å². The summed E-state index contributed by atoms with van der Waals surface area (Å²) in [5, 5.41) is 56.4. The molecule has 29 nitrogen and oxygen atoms in total. The minimum absolute atomic E-state index is 0.0138. The maximum atomic E-state index is 14.3. The number of benzene rings is 4. The van der Waals surface area contributed by atoms with Gasteiger partial charge in [0.2, 0.25) is 29.4 Å². The molecule has 13 rings (SSSR count). The zero-order chi connectivity index (χ0) is 71.2. The number of aromatic nitrogens is 3. The van der Waals surface area contributed by atoms with Crippen molar-refractivity contribution in [1.29, 1.82) is 0 Å². The van der Waals surface area contributed by atoms with Gasteiger partial charge in [0, 0.05) is 105 Å². The standard InChI is InChI=1S/C73H89N9O20/c1-42-67-50(81-27-30-99-70(94-3)69(81)102-67)37-56(100-42)101-52-39-73(92,38-48-58(52)66(89)60-59(64(48)87)63(86)47-12-8-14-51(93-2)57(47)65(60)88)71(91)76-40-53(83)74-24-29-96-32-34-98-36-35-97-33-31-95-28-18-54(84)80-25-21-72(22-26-80)19-15-43(16-20-72)68(90)75-23-17-55(85)82-41-44-9-4-5-10-45(44)61-62(78-79-77-61)46-11-6-7-13-49(46)82/h4-14,42-43,50,52,56,67,69-70,87,89,92H,15-41H2,1-3H3,(H,74,83)(H,75,90)(H,76,91)(H,77,78,79)/t42-,50-,52-,56-,67+,69+,70-,73-/m0/s1. The van der Waals surface area contributed by atoms with E-state index in [1.54, 1.807) is 4.90 Å². The van der Waals surface area contributed by atoms with Crippen LogP contribution in [0.25, 0.3) is 22.5 Å². The monoisotopic (exact) mass is 1410 g/mol. The number of phenols is 2. The van der Waals surface area contributed by atoms with Gasteiger partial charge in [-0.25, -0.2) is 0 Å². The number of nitrogens with zero attached hydrogens (tertiary/aromatic N) is 5. The van der Waals surface area contributed by atoms with Crippen molar-refractivity contribution in [3.63, 3.8) is 0 Å². The zero-order valence-electron chi connectivity index (χ0n) is 57.6. The number of fused-ring (bicyclic) bond motifs is 11.